The lowest BCUT2D eigenvalue weighted by Crippen LogP contribution is -2.46. The molecule has 0 fully saturated rings. The maximum atomic E-state index is 11.9. The molecule has 0 aliphatic heterocycles. The Morgan fingerprint density at radius 1 is 1.29 bits per heavy atom. The summed E-state index contributed by atoms with van der Waals surface area (Å²) in [6.45, 7) is 13.4. The third-order valence-corrected chi connectivity index (χ3v) is 2.74. The fourth-order valence-corrected chi connectivity index (χ4v) is 1.42. The first-order valence-corrected chi connectivity index (χ1v) is 6.00. The van der Waals surface area contributed by atoms with Crippen molar-refractivity contribution in [2.24, 2.45) is 5.41 Å². The van der Waals surface area contributed by atoms with E-state index in [1.165, 1.54) is 0 Å². The first-order valence-electron chi connectivity index (χ1n) is 6.00. The van der Waals surface area contributed by atoms with Crippen LogP contribution in [0.4, 0.5) is 0 Å². The van der Waals surface area contributed by atoms with Crippen LogP contribution >= 0.6 is 0 Å². The van der Waals surface area contributed by atoms with E-state index in [2.05, 4.69) is 11.9 Å². The standard InChI is InChI=1S/C14H25NO2/c1-7-14(5,6)15-11(8-9-16)10-12(17)13(2,3)4/h7,9,11,15H,1,8,10H2,2-6H3. The second kappa shape index (κ2) is 6.10. The Balaban J connectivity index is 4.60. The summed E-state index contributed by atoms with van der Waals surface area (Å²) in [5.74, 6) is 0.164. The molecule has 0 aliphatic carbocycles. The zero-order valence-corrected chi connectivity index (χ0v) is 11.7. The number of Topliss-reactive ketones (excluding diaryl/α,β-unsaturated/α-hetero) is 1. The van der Waals surface area contributed by atoms with Crippen LogP contribution in [0.1, 0.15) is 47.5 Å². The van der Waals surface area contributed by atoms with Gasteiger partial charge in [-0.1, -0.05) is 26.8 Å². The van der Waals surface area contributed by atoms with Gasteiger partial charge >= 0.3 is 0 Å². The van der Waals surface area contributed by atoms with Gasteiger partial charge in [0.15, 0.2) is 0 Å². The summed E-state index contributed by atoms with van der Waals surface area (Å²) in [5, 5.41) is 3.28. The fourth-order valence-electron chi connectivity index (χ4n) is 1.42. The Kier molecular flexibility index (Phi) is 5.76. The van der Waals surface area contributed by atoms with Gasteiger partial charge in [0.2, 0.25) is 0 Å². The smallest absolute Gasteiger partial charge is 0.139 e. The third-order valence-electron chi connectivity index (χ3n) is 2.74. The second-order valence-electron chi connectivity index (χ2n) is 6.05. The Labute approximate surface area is 105 Å². The number of rotatable bonds is 7. The monoisotopic (exact) mass is 239 g/mol. The van der Waals surface area contributed by atoms with Crippen molar-refractivity contribution in [1.82, 2.24) is 5.32 Å². The van der Waals surface area contributed by atoms with E-state index in [0.717, 1.165) is 6.29 Å². The van der Waals surface area contributed by atoms with E-state index in [4.69, 9.17) is 0 Å². The van der Waals surface area contributed by atoms with Gasteiger partial charge in [0.25, 0.3) is 0 Å². The van der Waals surface area contributed by atoms with Gasteiger partial charge in [-0.2, -0.15) is 0 Å². The normalized spacial score (nSPS) is 14.2. The van der Waals surface area contributed by atoms with Gasteiger partial charge in [-0.15, -0.1) is 6.58 Å². The molecular weight excluding hydrogens is 214 g/mol. The first-order chi connectivity index (χ1) is 7.62. The minimum Gasteiger partial charge on any atom is -0.305 e. The lowest BCUT2D eigenvalue weighted by molar-refractivity contribution is -0.126. The molecule has 0 aromatic rings. The molecule has 0 saturated carbocycles. The number of nitrogens with one attached hydrogen (secondary N) is 1. The van der Waals surface area contributed by atoms with E-state index in [1.54, 1.807) is 6.08 Å². The summed E-state index contributed by atoms with van der Waals surface area (Å²) in [7, 11) is 0. The van der Waals surface area contributed by atoms with Crippen LogP contribution in [0.5, 0.6) is 0 Å². The zero-order valence-electron chi connectivity index (χ0n) is 11.7. The minimum absolute atomic E-state index is 0.118. The molecule has 0 radical (unpaired) electrons. The minimum atomic E-state index is -0.360. The quantitative estimate of drug-likeness (QED) is 0.548. The van der Waals surface area contributed by atoms with Gasteiger partial charge < -0.3 is 10.1 Å². The second-order valence-corrected chi connectivity index (χ2v) is 6.05. The van der Waals surface area contributed by atoms with Crippen LogP contribution in [-0.2, 0) is 9.59 Å². The van der Waals surface area contributed by atoms with Crippen LogP contribution in [0.3, 0.4) is 0 Å². The Bertz CT molecular complexity index is 287. The first kappa shape index (κ1) is 16.0. The van der Waals surface area contributed by atoms with Crippen molar-refractivity contribution in [3.05, 3.63) is 12.7 Å². The van der Waals surface area contributed by atoms with E-state index in [1.807, 2.05) is 34.6 Å². The zero-order chi connectivity index (χ0) is 13.7. The van der Waals surface area contributed by atoms with Crippen molar-refractivity contribution in [2.75, 3.05) is 0 Å². The Morgan fingerprint density at radius 3 is 2.18 bits per heavy atom. The molecule has 0 bridgehead atoms. The van der Waals surface area contributed by atoms with Crippen LogP contribution < -0.4 is 5.32 Å². The summed E-state index contributed by atoms with van der Waals surface area (Å²) in [6, 6.07) is -0.118. The molecule has 0 saturated heterocycles. The number of carbonyl (C=O) groups excluding carboxylic acids is 2. The average Bonchev–Trinajstić information content (AvgIpc) is 2.16. The van der Waals surface area contributed by atoms with Crippen molar-refractivity contribution in [1.29, 1.82) is 0 Å². The third kappa shape index (κ3) is 6.37. The van der Waals surface area contributed by atoms with Gasteiger partial charge in [-0.25, -0.2) is 0 Å². The van der Waals surface area contributed by atoms with E-state index >= 15 is 0 Å². The molecule has 0 aliphatic rings. The molecule has 0 rings (SSSR count). The number of aldehydes is 1. The summed E-state index contributed by atoms with van der Waals surface area (Å²) in [4.78, 5) is 22.6. The molecule has 1 N–H and O–H groups in total. The number of hydrogen-bond donors (Lipinski definition) is 1. The van der Waals surface area contributed by atoms with Gasteiger partial charge in [0, 0.05) is 29.8 Å². The van der Waals surface area contributed by atoms with E-state index in [9.17, 15) is 9.59 Å². The molecule has 1 atom stereocenters. The maximum Gasteiger partial charge on any atom is 0.139 e. The molecule has 1 unspecified atom stereocenters. The summed E-state index contributed by atoms with van der Waals surface area (Å²) < 4.78 is 0. The maximum absolute atomic E-state index is 11.9. The SMILES string of the molecule is C=CC(C)(C)NC(CC=O)CC(=O)C(C)(C)C. The highest BCUT2D eigenvalue weighted by molar-refractivity contribution is 5.84. The van der Waals surface area contributed by atoms with Crippen LogP contribution in [0, 0.1) is 5.41 Å². The summed E-state index contributed by atoms with van der Waals surface area (Å²) >= 11 is 0. The molecule has 0 aromatic carbocycles. The Morgan fingerprint density at radius 2 is 1.82 bits per heavy atom. The molecule has 3 heteroatoms. The van der Waals surface area contributed by atoms with Crippen molar-refractivity contribution >= 4 is 12.1 Å². The predicted molar refractivity (Wildman–Crippen MR) is 71.0 cm³/mol. The van der Waals surface area contributed by atoms with Gasteiger partial charge in [0.1, 0.15) is 12.1 Å². The molecule has 98 valence electrons. The van der Waals surface area contributed by atoms with Gasteiger partial charge in [-0.05, 0) is 13.8 Å². The molecule has 3 nitrogen and oxygen atoms in total. The number of carbonyl (C=O) groups is 2. The van der Waals surface area contributed by atoms with Crippen molar-refractivity contribution in [3.63, 3.8) is 0 Å². The molecule has 0 heterocycles. The highest BCUT2D eigenvalue weighted by Gasteiger charge is 2.26. The highest BCUT2D eigenvalue weighted by atomic mass is 16.1. The largest absolute Gasteiger partial charge is 0.305 e. The van der Waals surface area contributed by atoms with Crippen molar-refractivity contribution < 1.29 is 9.59 Å². The van der Waals surface area contributed by atoms with Crippen molar-refractivity contribution in [2.45, 2.75) is 59.0 Å². The lowest BCUT2D eigenvalue weighted by Gasteiger charge is -2.29. The molecule has 0 aromatic heterocycles. The van der Waals surface area contributed by atoms with E-state index in [-0.39, 0.29) is 22.8 Å². The predicted octanol–water partition coefficient (Wildman–Crippen LogP) is 2.50. The summed E-state index contributed by atoms with van der Waals surface area (Å²) in [6.07, 6.45) is 3.36. The number of hydrogen-bond acceptors (Lipinski definition) is 3. The van der Waals surface area contributed by atoms with E-state index < -0.39 is 0 Å². The van der Waals surface area contributed by atoms with Crippen LogP contribution in [-0.4, -0.2) is 23.7 Å². The Hall–Kier alpha value is -0.960. The topological polar surface area (TPSA) is 46.2 Å². The molecule has 17 heavy (non-hydrogen) atoms. The fraction of sp³-hybridized carbons (Fsp3) is 0.714. The van der Waals surface area contributed by atoms with Crippen LogP contribution in [0.25, 0.3) is 0 Å². The van der Waals surface area contributed by atoms with Crippen LogP contribution in [0.2, 0.25) is 0 Å². The van der Waals surface area contributed by atoms with Gasteiger partial charge in [0.05, 0.1) is 0 Å². The molecule has 0 spiro atoms. The molecular formula is C14H25NO2. The van der Waals surface area contributed by atoms with Crippen LogP contribution in [0.15, 0.2) is 12.7 Å². The number of ketones is 1. The van der Waals surface area contributed by atoms with E-state index in [0.29, 0.717) is 12.8 Å². The van der Waals surface area contributed by atoms with Crippen molar-refractivity contribution in [3.8, 4) is 0 Å². The summed E-state index contributed by atoms with van der Waals surface area (Å²) in [5.41, 5.74) is -0.632. The lowest BCUT2D eigenvalue weighted by atomic mass is 9.86. The average molecular weight is 239 g/mol. The molecule has 0 amide bonds. The van der Waals surface area contributed by atoms with Gasteiger partial charge in [-0.3, -0.25) is 4.79 Å². The highest BCUT2D eigenvalue weighted by Crippen LogP contribution is 2.19.